The number of piperidine rings is 1. The van der Waals surface area contributed by atoms with Gasteiger partial charge in [-0.25, -0.2) is 9.78 Å². The van der Waals surface area contributed by atoms with Crippen molar-refractivity contribution in [1.82, 2.24) is 14.9 Å². The molecule has 0 bridgehead atoms. The van der Waals surface area contributed by atoms with Crippen molar-refractivity contribution in [3.63, 3.8) is 0 Å². The minimum atomic E-state index is -1.42. The topological polar surface area (TPSA) is 58.2 Å². The summed E-state index contributed by atoms with van der Waals surface area (Å²) in [5.41, 5.74) is 5.93. The van der Waals surface area contributed by atoms with Gasteiger partial charge in [-0.1, -0.05) is 37.7 Å². The van der Waals surface area contributed by atoms with E-state index in [0.29, 0.717) is 5.92 Å². The molecule has 2 aliphatic rings. The van der Waals surface area contributed by atoms with E-state index < -0.39 is 13.7 Å². The third-order valence-corrected chi connectivity index (χ3v) is 6.97. The van der Waals surface area contributed by atoms with Crippen molar-refractivity contribution in [3.8, 4) is 11.5 Å². The number of amides is 1. The van der Waals surface area contributed by atoms with Gasteiger partial charge in [0.05, 0.1) is 17.1 Å². The summed E-state index contributed by atoms with van der Waals surface area (Å²) < 4.78 is 5.71. The fraction of sp³-hybridized carbons (Fsp3) is 0.462. The Hall–Kier alpha value is -2.78. The van der Waals surface area contributed by atoms with E-state index in [-0.39, 0.29) is 18.2 Å². The van der Waals surface area contributed by atoms with Gasteiger partial charge in [0.1, 0.15) is 19.5 Å². The Morgan fingerprint density at radius 3 is 2.69 bits per heavy atom. The fourth-order valence-corrected chi connectivity index (χ4v) is 5.12. The Labute approximate surface area is 190 Å². The van der Waals surface area contributed by atoms with Gasteiger partial charge in [0.25, 0.3) is 0 Å². The van der Waals surface area contributed by atoms with E-state index >= 15 is 0 Å². The molecule has 1 amide bonds. The number of H-pyrrole nitrogens is 1. The van der Waals surface area contributed by atoms with Gasteiger partial charge in [-0.15, -0.1) is 5.54 Å². The summed E-state index contributed by atoms with van der Waals surface area (Å²) in [4.78, 5) is 23.3. The van der Waals surface area contributed by atoms with Crippen molar-refractivity contribution in [3.05, 3.63) is 41.7 Å². The lowest BCUT2D eigenvalue weighted by molar-refractivity contribution is 0.0175. The normalized spacial score (nSPS) is 22.6. The largest absolute Gasteiger partial charge is 0.444 e. The molecule has 1 saturated carbocycles. The number of hydrogen-bond donors (Lipinski definition) is 1. The van der Waals surface area contributed by atoms with Crippen LogP contribution in [-0.4, -0.2) is 40.7 Å². The van der Waals surface area contributed by atoms with Crippen molar-refractivity contribution in [2.45, 2.75) is 70.9 Å². The van der Waals surface area contributed by atoms with Gasteiger partial charge in [-0.2, -0.15) is 0 Å². The highest BCUT2D eigenvalue weighted by Crippen LogP contribution is 2.53. The quantitative estimate of drug-likeness (QED) is 0.368. The minimum absolute atomic E-state index is 0.0575. The number of fused-ring (bicyclic) bond motifs is 4. The lowest BCUT2D eigenvalue weighted by Crippen LogP contribution is -2.38. The number of benzene rings is 2. The molecule has 0 spiro atoms. The number of imidazole rings is 1. The first-order valence-electron chi connectivity index (χ1n) is 11.5. The second kappa shape index (κ2) is 7.11. The predicted octanol–water partition coefficient (Wildman–Crippen LogP) is 6.02. The van der Waals surface area contributed by atoms with Crippen molar-refractivity contribution in [2.24, 2.45) is 5.92 Å². The second-order valence-corrected chi connectivity index (χ2v) is 16.0. The second-order valence-electron chi connectivity index (χ2n) is 11.2. The maximum Gasteiger partial charge on any atom is 0.411 e. The number of likely N-dealkylation sites (tertiary alicyclic amines) is 1. The minimum Gasteiger partial charge on any atom is -0.444 e. The first-order chi connectivity index (χ1) is 15.0. The van der Waals surface area contributed by atoms with Crippen LogP contribution in [0.5, 0.6) is 0 Å². The number of ether oxygens (including phenoxy) is 1. The molecular weight excluding hydrogens is 414 g/mol. The lowest BCUT2D eigenvalue weighted by atomic mass is 10.1. The van der Waals surface area contributed by atoms with E-state index in [0.717, 1.165) is 46.0 Å². The first-order valence-corrected chi connectivity index (χ1v) is 15.0. The van der Waals surface area contributed by atoms with Crippen molar-refractivity contribution < 1.29 is 9.53 Å². The number of aromatic amines is 1. The summed E-state index contributed by atoms with van der Waals surface area (Å²) in [5, 5.41) is 2.28. The maximum absolute atomic E-state index is 12.9. The molecule has 6 heteroatoms. The Bertz CT molecular complexity index is 1290. The molecule has 1 aliphatic carbocycles. The molecule has 5 rings (SSSR count). The summed E-state index contributed by atoms with van der Waals surface area (Å²) in [6.45, 7) is 12.5. The van der Waals surface area contributed by atoms with Crippen LogP contribution >= 0.6 is 0 Å². The molecule has 3 atom stereocenters. The van der Waals surface area contributed by atoms with Gasteiger partial charge >= 0.3 is 6.09 Å². The van der Waals surface area contributed by atoms with E-state index in [2.05, 4.69) is 66.4 Å². The summed E-state index contributed by atoms with van der Waals surface area (Å²) in [5.74, 6) is 4.76. The Morgan fingerprint density at radius 2 is 1.97 bits per heavy atom. The van der Waals surface area contributed by atoms with Crippen LogP contribution in [0.2, 0.25) is 19.6 Å². The molecule has 2 fully saturated rings. The maximum atomic E-state index is 12.9. The molecule has 0 unspecified atom stereocenters. The zero-order valence-electron chi connectivity index (χ0n) is 19.7. The van der Waals surface area contributed by atoms with E-state index in [9.17, 15) is 4.79 Å². The number of aromatic nitrogens is 2. The van der Waals surface area contributed by atoms with Crippen LogP contribution in [0.15, 0.2) is 30.3 Å². The molecular formula is C26H31N3O2Si. The molecule has 1 N–H and O–H groups in total. The molecule has 2 aromatic carbocycles. The predicted molar refractivity (Wildman–Crippen MR) is 131 cm³/mol. The van der Waals surface area contributed by atoms with Crippen LogP contribution in [0.3, 0.4) is 0 Å². The molecule has 166 valence electrons. The summed E-state index contributed by atoms with van der Waals surface area (Å²) in [6, 6.07) is 10.8. The molecule has 1 aromatic heterocycles. The average molecular weight is 446 g/mol. The number of carbonyl (C=O) groups excluding carboxylic acids is 1. The van der Waals surface area contributed by atoms with Gasteiger partial charge in [0, 0.05) is 17.0 Å². The van der Waals surface area contributed by atoms with Crippen molar-refractivity contribution in [1.29, 1.82) is 0 Å². The van der Waals surface area contributed by atoms with Crippen molar-refractivity contribution in [2.75, 3.05) is 0 Å². The molecule has 2 heterocycles. The highest BCUT2D eigenvalue weighted by Gasteiger charge is 2.56. The third kappa shape index (κ3) is 4.02. The van der Waals surface area contributed by atoms with Crippen LogP contribution in [0, 0.1) is 17.4 Å². The third-order valence-electron chi connectivity index (χ3n) is 6.10. The average Bonchev–Trinajstić information content (AvgIpc) is 3.15. The van der Waals surface area contributed by atoms with Crippen LogP contribution in [-0.2, 0) is 4.74 Å². The highest BCUT2D eigenvalue weighted by atomic mass is 28.3. The molecule has 1 saturated heterocycles. The molecule has 1 aliphatic heterocycles. The Morgan fingerprint density at radius 1 is 1.19 bits per heavy atom. The zero-order chi connectivity index (χ0) is 22.8. The molecule has 5 nitrogen and oxygen atoms in total. The summed E-state index contributed by atoms with van der Waals surface area (Å²) >= 11 is 0. The highest BCUT2D eigenvalue weighted by molar-refractivity contribution is 6.83. The SMILES string of the molecule is CC(C)(C)OC(=O)N1[C@@H]2C[C@@H]2C[C@H]1c1nc2ccc3cc(C#C[Si](C)(C)C)ccc3c2[nH]1. The molecule has 32 heavy (non-hydrogen) atoms. The smallest absolute Gasteiger partial charge is 0.411 e. The number of nitrogens with zero attached hydrogens (tertiary/aromatic N) is 2. The van der Waals surface area contributed by atoms with Gasteiger partial charge in [0.2, 0.25) is 0 Å². The van der Waals surface area contributed by atoms with E-state index in [1.807, 2.05) is 25.7 Å². The molecule has 0 radical (unpaired) electrons. The number of nitrogens with one attached hydrogen (secondary N) is 1. The monoisotopic (exact) mass is 445 g/mol. The van der Waals surface area contributed by atoms with E-state index in [1.165, 1.54) is 0 Å². The zero-order valence-corrected chi connectivity index (χ0v) is 20.7. The Kier molecular flexibility index (Phi) is 4.68. The van der Waals surface area contributed by atoms with Crippen LogP contribution in [0.25, 0.3) is 21.8 Å². The Balaban J connectivity index is 1.49. The van der Waals surface area contributed by atoms with Crippen LogP contribution < -0.4 is 0 Å². The lowest BCUT2D eigenvalue weighted by Gasteiger charge is -2.29. The van der Waals surface area contributed by atoms with Gasteiger partial charge in [0.15, 0.2) is 0 Å². The van der Waals surface area contributed by atoms with E-state index in [1.54, 1.807) is 0 Å². The van der Waals surface area contributed by atoms with Crippen molar-refractivity contribution >= 4 is 36.0 Å². The van der Waals surface area contributed by atoms with Crippen LogP contribution in [0.4, 0.5) is 4.79 Å². The van der Waals surface area contributed by atoms with Gasteiger partial charge < -0.3 is 9.72 Å². The standard InChI is InChI=1S/C26H31N3O2Si/c1-26(2,3)31-25(30)29-21-14-18(21)15-22(29)24-27-20-10-8-17-13-16(11-12-32(4,5)6)7-9-19(17)23(20)28-24/h7-10,13,18,21-22H,14-15H2,1-6H3,(H,27,28)/t18-,21-,22+/m1/s1. The summed E-state index contributed by atoms with van der Waals surface area (Å²) in [7, 11) is -1.42. The number of carbonyl (C=O) groups is 1. The fourth-order valence-electron chi connectivity index (χ4n) is 4.60. The van der Waals surface area contributed by atoms with Gasteiger partial charge in [-0.3, -0.25) is 4.90 Å². The first kappa shape index (κ1) is 21.1. The van der Waals surface area contributed by atoms with E-state index in [4.69, 9.17) is 9.72 Å². The number of hydrogen-bond acceptors (Lipinski definition) is 3. The number of rotatable bonds is 1. The summed E-state index contributed by atoms with van der Waals surface area (Å²) in [6.07, 6.45) is 1.78. The van der Waals surface area contributed by atoms with Crippen LogP contribution in [0.1, 0.15) is 51.0 Å². The van der Waals surface area contributed by atoms with Gasteiger partial charge in [-0.05, 0) is 63.1 Å². The molecule has 3 aromatic rings.